The molecular formula is C53H57BN2. The average molecular weight is 733 g/mol. The summed E-state index contributed by atoms with van der Waals surface area (Å²) < 4.78 is 2.73. The minimum Gasteiger partial charge on any atom is -0.375 e. The topological polar surface area (TPSA) is 8.17 Å². The van der Waals surface area contributed by atoms with Crippen LogP contribution in [0, 0.1) is 6.92 Å². The Morgan fingerprint density at radius 1 is 0.482 bits per heavy atom. The summed E-state index contributed by atoms with van der Waals surface area (Å²) in [6.07, 6.45) is 0. The second-order valence-electron chi connectivity index (χ2n) is 20.8. The fourth-order valence-corrected chi connectivity index (χ4v) is 9.44. The van der Waals surface area contributed by atoms with Crippen LogP contribution in [0.3, 0.4) is 0 Å². The molecule has 7 aromatic rings. The van der Waals surface area contributed by atoms with Gasteiger partial charge in [0.1, 0.15) is 0 Å². The van der Waals surface area contributed by atoms with Gasteiger partial charge in [0, 0.05) is 44.4 Å². The zero-order valence-electron chi connectivity index (χ0n) is 35.9. The standard InChI is InChI=1S/C53H57BN2/c1-32-39(33-17-15-14-16-18-33)31-46-48-47(32)42-29-37(53(11,12)13)28-41-40-27-35(51(5,6)7)21-25-44(40)56(49(41)42)54(48)43-30-36(52(8,9)10)22-26-45(43)55(46)38-23-19-34(20-24-38)50(2,3)4/h14-31H,1-13H3. The summed E-state index contributed by atoms with van der Waals surface area (Å²) >= 11 is 0. The lowest BCUT2D eigenvalue weighted by Gasteiger charge is -2.42. The number of benzene rings is 6. The van der Waals surface area contributed by atoms with Crippen LogP contribution in [0.25, 0.3) is 44.1 Å². The molecule has 6 aromatic carbocycles. The first-order chi connectivity index (χ1) is 26.2. The second-order valence-corrected chi connectivity index (χ2v) is 20.8. The van der Waals surface area contributed by atoms with Gasteiger partial charge in [0.05, 0.1) is 0 Å². The predicted octanol–water partition coefficient (Wildman–Crippen LogP) is 13.4. The number of fused-ring (bicyclic) bond motifs is 7. The van der Waals surface area contributed by atoms with Crippen molar-refractivity contribution < 1.29 is 0 Å². The fourth-order valence-electron chi connectivity index (χ4n) is 9.44. The highest BCUT2D eigenvalue weighted by molar-refractivity contribution is 6.90. The van der Waals surface area contributed by atoms with Crippen molar-refractivity contribution >= 4 is 56.6 Å². The van der Waals surface area contributed by atoms with E-state index in [2.05, 4.69) is 209 Å². The molecule has 9 rings (SSSR count). The molecule has 56 heavy (non-hydrogen) atoms. The van der Waals surface area contributed by atoms with Gasteiger partial charge in [-0.1, -0.05) is 144 Å². The minimum atomic E-state index is -0.0301. The van der Waals surface area contributed by atoms with E-state index in [1.807, 2.05) is 0 Å². The molecule has 0 amide bonds. The first-order valence-electron chi connectivity index (χ1n) is 20.6. The van der Waals surface area contributed by atoms with Crippen LogP contribution in [0.1, 0.15) is 111 Å². The third-order valence-corrected chi connectivity index (χ3v) is 12.8. The Hall–Kier alpha value is -5.02. The van der Waals surface area contributed by atoms with Gasteiger partial charge in [0.25, 0.3) is 0 Å². The summed E-state index contributed by atoms with van der Waals surface area (Å²) in [6.45, 7) is 30.4. The van der Waals surface area contributed by atoms with Gasteiger partial charge in [-0.05, 0) is 133 Å². The van der Waals surface area contributed by atoms with Crippen molar-refractivity contribution in [1.82, 2.24) is 4.48 Å². The van der Waals surface area contributed by atoms with E-state index in [0.29, 0.717) is 0 Å². The van der Waals surface area contributed by atoms with E-state index < -0.39 is 0 Å². The monoisotopic (exact) mass is 732 g/mol. The Morgan fingerprint density at radius 3 is 1.68 bits per heavy atom. The Kier molecular flexibility index (Phi) is 7.84. The van der Waals surface area contributed by atoms with E-state index in [0.717, 1.165) is 0 Å². The number of hydrogen-bond acceptors (Lipinski definition) is 1. The minimum absolute atomic E-state index is 0.000560. The molecule has 282 valence electrons. The van der Waals surface area contributed by atoms with E-state index in [-0.39, 0.29) is 28.5 Å². The largest absolute Gasteiger partial charge is 0.375 e. The van der Waals surface area contributed by atoms with Gasteiger partial charge in [-0.3, -0.25) is 0 Å². The highest BCUT2D eigenvalue weighted by Gasteiger charge is 2.45. The molecule has 0 unspecified atom stereocenters. The van der Waals surface area contributed by atoms with Crippen LogP contribution >= 0.6 is 0 Å². The Balaban J connectivity index is 1.49. The lowest BCUT2D eigenvalue weighted by Crippen LogP contribution is -2.57. The van der Waals surface area contributed by atoms with Crippen molar-refractivity contribution in [2.75, 3.05) is 4.90 Å². The third-order valence-electron chi connectivity index (χ3n) is 12.8. The molecule has 0 saturated carbocycles. The maximum atomic E-state index is 2.73. The maximum Gasteiger partial charge on any atom is 0.333 e. The zero-order chi connectivity index (χ0) is 39.9. The van der Waals surface area contributed by atoms with Crippen LogP contribution in [0.2, 0.25) is 0 Å². The lowest BCUT2D eigenvalue weighted by atomic mass is 9.44. The second kappa shape index (κ2) is 12.0. The molecule has 2 aliphatic heterocycles. The molecule has 0 N–H and O–H groups in total. The van der Waals surface area contributed by atoms with Crippen molar-refractivity contribution in [3.05, 3.63) is 137 Å². The molecule has 0 fully saturated rings. The van der Waals surface area contributed by atoms with Crippen molar-refractivity contribution in [3.63, 3.8) is 0 Å². The van der Waals surface area contributed by atoms with Gasteiger partial charge in [0.2, 0.25) is 0 Å². The van der Waals surface area contributed by atoms with Crippen molar-refractivity contribution in [1.29, 1.82) is 0 Å². The van der Waals surface area contributed by atoms with Crippen molar-refractivity contribution in [2.45, 2.75) is 112 Å². The van der Waals surface area contributed by atoms with Gasteiger partial charge in [-0.25, -0.2) is 0 Å². The molecule has 0 saturated heterocycles. The number of aromatic nitrogens is 1. The highest BCUT2D eigenvalue weighted by Crippen LogP contribution is 2.50. The lowest BCUT2D eigenvalue weighted by molar-refractivity contribution is 0.590. The van der Waals surface area contributed by atoms with Crippen LogP contribution in [-0.4, -0.2) is 11.3 Å². The quantitative estimate of drug-likeness (QED) is 0.161. The van der Waals surface area contributed by atoms with Gasteiger partial charge in [-0.2, -0.15) is 0 Å². The van der Waals surface area contributed by atoms with E-state index in [4.69, 9.17) is 0 Å². The van der Waals surface area contributed by atoms with Crippen LogP contribution in [0.15, 0.2) is 109 Å². The fraction of sp³-hybridized carbons (Fsp3) is 0.321. The third kappa shape index (κ3) is 5.52. The van der Waals surface area contributed by atoms with Crippen LogP contribution in [-0.2, 0) is 21.7 Å². The molecule has 3 heterocycles. The van der Waals surface area contributed by atoms with E-state index in [9.17, 15) is 0 Å². The Labute approximate surface area is 335 Å². The molecule has 2 nitrogen and oxygen atoms in total. The number of anilines is 3. The van der Waals surface area contributed by atoms with Gasteiger partial charge < -0.3 is 9.38 Å². The van der Waals surface area contributed by atoms with Crippen molar-refractivity contribution in [3.8, 4) is 22.3 Å². The first kappa shape index (κ1) is 36.6. The molecule has 2 aliphatic rings. The van der Waals surface area contributed by atoms with Gasteiger partial charge in [0.15, 0.2) is 0 Å². The summed E-state index contributed by atoms with van der Waals surface area (Å²) in [5, 5.41) is 2.71. The molecule has 0 aliphatic carbocycles. The summed E-state index contributed by atoms with van der Waals surface area (Å²) in [7, 11) is 0. The average Bonchev–Trinajstić information content (AvgIpc) is 3.46. The van der Waals surface area contributed by atoms with E-state index >= 15 is 0 Å². The van der Waals surface area contributed by atoms with E-state index in [1.54, 1.807) is 0 Å². The zero-order valence-corrected chi connectivity index (χ0v) is 35.9. The molecular weight excluding hydrogens is 675 g/mol. The number of nitrogens with zero attached hydrogens (tertiary/aromatic N) is 2. The Morgan fingerprint density at radius 2 is 1.05 bits per heavy atom. The molecule has 0 bridgehead atoms. The molecule has 3 heteroatoms. The number of rotatable bonds is 2. The Bertz CT molecular complexity index is 2720. The van der Waals surface area contributed by atoms with Crippen LogP contribution in [0.4, 0.5) is 17.1 Å². The molecule has 0 atom stereocenters. The smallest absolute Gasteiger partial charge is 0.333 e. The molecule has 1 aromatic heterocycles. The predicted molar refractivity (Wildman–Crippen MR) is 245 cm³/mol. The SMILES string of the molecule is Cc1c(-c2ccccc2)cc2c3c1-c1cc(C(C)(C)C)cc4c5cc(C(C)(C)C)ccc5n(c14)B3c1cc(C(C)(C)C)ccc1N2c1ccc(C(C)(C)C)cc1. The van der Waals surface area contributed by atoms with E-state index in [1.165, 1.54) is 99.9 Å². The van der Waals surface area contributed by atoms with Crippen LogP contribution in [0.5, 0.6) is 0 Å². The number of hydrogen-bond donors (Lipinski definition) is 0. The summed E-state index contributed by atoms with van der Waals surface area (Å²) in [5.41, 5.74) is 21.3. The maximum absolute atomic E-state index is 2.73. The normalized spacial score (nSPS) is 14.1. The summed E-state index contributed by atoms with van der Waals surface area (Å²) in [4.78, 5) is 2.58. The summed E-state index contributed by atoms with van der Waals surface area (Å²) in [6, 6.07) is 42.6. The molecule has 0 radical (unpaired) electrons. The van der Waals surface area contributed by atoms with Crippen molar-refractivity contribution in [2.24, 2.45) is 0 Å². The highest BCUT2D eigenvalue weighted by atomic mass is 15.2. The molecule has 0 spiro atoms. The first-order valence-corrected chi connectivity index (χ1v) is 20.6. The van der Waals surface area contributed by atoms with Gasteiger partial charge in [-0.15, -0.1) is 0 Å². The van der Waals surface area contributed by atoms with Crippen LogP contribution < -0.4 is 15.8 Å². The van der Waals surface area contributed by atoms with Gasteiger partial charge >= 0.3 is 6.85 Å². The summed E-state index contributed by atoms with van der Waals surface area (Å²) in [5.74, 6) is 0.